The molecule has 2 aromatic heterocycles. The van der Waals surface area contributed by atoms with Gasteiger partial charge in [0.05, 0.1) is 12.1 Å². The lowest BCUT2D eigenvalue weighted by Gasteiger charge is -2.35. The van der Waals surface area contributed by atoms with Crippen LogP contribution in [0.1, 0.15) is 39.7 Å². The maximum absolute atomic E-state index is 12.5. The molecule has 1 fully saturated rings. The van der Waals surface area contributed by atoms with E-state index in [2.05, 4.69) is 21.7 Å². The third kappa shape index (κ3) is 2.99. The lowest BCUT2D eigenvalue weighted by Crippen LogP contribution is -2.41. The molecule has 3 heterocycles. The third-order valence-corrected chi connectivity index (χ3v) is 6.54. The number of hydrogen-bond acceptors (Lipinski definition) is 5. The van der Waals surface area contributed by atoms with Gasteiger partial charge in [-0.2, -0.15) is 0 Å². The fourth-order valence-electron chi connectivity index (χ4n) is 3.49. The number of nitrogens with two attached hydrogens (primary N) is 1. The summed E-state index contributed by atoms with van der Waals surface area (Å²) < 4.78 is 0. The van der Waals surface area contributed by atoms with Crippen LogP contribution in [-0.4, -0.2) is 29.8 Å². The number of fused-ring (bicyclic) bond motifs is 1. The first-order valence-electron chi connectivity index (χ1n) is 8.11. The van der Waals surface area contributed by atoms with E-state index in [1.807, 2.05) is 11.3 Å². The van der Waals surface area contributed by atoms with E-state index in [9.17, 15) is 9.59 Å². The Morgan fingerprint density at radius 3 is 2.79 bits per heavy atom. The van der Waals surface area contributed by atoms with E-state index < -0.39 is 5.91 Å². The molecule has 1 aliphatic heterocycles. The second kappa shape index (κ2) is 6.31. The second-order valence-corrected chi connectivity index (χ2v) is 8.29. The van der Waals surface area contributed by atoms with Gasteiger partial charge in [-0.05, 0) is 53.6 Å². The van der Waals surface area contributed by atoms with Gasteiger partial charge in [0.1, 0.15) is 5.00 Å². The maximum atomic E-state index is 12.5. The van der Waals surface area contributed by atoms with Crippen molar-refractivity contribution in [3.63, 3.8) is 0 Å². The highest BCUT2D eigenvalue weighted by Crippen LogP contribution is 2.48. The van der Waals surface area contributed by atoms with Crippen LogP contribution in [0.2, 0.25) is 0 Å². The molecule has 126 valence electrons. The van der Waals surface area contributed by atoms with Crippen LogP contribution in [0.3, 0.4) is 0 Å². The zero-order chi connectivity index (χ0) is 16.7. The highest BCUT2D eigenvalue weighted by Gasteiger charge is 2.40. The van der Waals surface area contributed by atoms with E-state index in [-0.39, 0.29) is 5.91 Å². The Morgan fingerprint density at radius 1 is 1.25 bits per heavy atom. The summed E-state index contributed by atoms with van der Waals surface area (Å²) in [6.45, 7) is 1.27. The quantitative estimate of drug-likeness (QED) is 0.860. The van der Waals surface area contributed by atoms with Gasteiger partial charge in [0, 0.05) is 17.5 Å². The topological polar surface area (TPSA) is 75.4 Å². The van der Waals surface area contributed by atoms with Gasteiger partial charge in [-0.15, -0.1) is 22.7 Å². The molecule has 4 rings (SSSR count). The van der Waals surface area contributed by atoms with Gasteiger partial charge in [0.25, 0.3) is 5.91 Å². The number of nitrogens with one attached hydrogen (secondary N) is 1. The van der Waals surface area contributed by atoms with Gasteiger partial charge in [0.15, 0.2) is 0 Å². The van der Waals surface area contributed by atoms with E-state index >= 15 is 0 Å². The van der Waals surface area contributed by atoms with Crippen LogP contribution >= 0.6 is 22.7 Å². The van der Waals surface area contributed by atoms with Crippen LogP contribution in [0, 0.1) is 5.92 Å². The Kier molecular flexibility index (Phi) is 4.15. The molecular formula is C17H19N3O2S2. The minimum absolute atomic E-state index is 0.0794. The molecule has 0 spiro atoms. The van der Waals surface area contributed by atoms with Crippen LogP contribution in [0.4, 0.5) is 5.00 Å². The van der Waals surface area contributed by atoms with Gasteiger partial charge in [-0.25, -0.2) is 0 Å². The second-order valence-electron chi connectivity index (χ2n) is 6.38. The van der Waals surface area contributed by atoms with Crippen molar-refractivity contribution in [1.82, 2.24) is 4.90 Å². The Bertz CT molecular complexity index is 778. The first-order valence-corrected chi connectivity index (χ1v) is 9.87. The summed E-state index contributed by atoms with van der Waals surface area (Å²) in [5.41, 5.74) is 7.13. The molecule has 24 heavy (non-hydrogen) atoms. The summed E-state index contributed by atoms with van der Waals surface area (Å²) in [5.74, 6) is 0.0851. The molecule has 2 amide bonds. The third-order valence-electron chi connectivity index (χ3n) is 4.72. The molecule has 1 aliphatic carbocycles. The molecule has 2 aromatic rings. The maximum Gasteiger partial charge on any atom is 0.251 e. The fourth-order valence-corrected chi connectivity index (χ4v) is 5.21. The number of carbonyl (C=O) groups excluding carboxylic acids is 2. The molecule has 0 saturated heterocycles. The van der Waals surface area contributed by atoms with Gasteiger partial charge >= 0.3 is 0 Å². The Hall–Kier alpha value is -1.70. The van der Waals surface area contributed by atoms with Crippen molar-refractivity contribution in [3.05, 3.63) is 38.9 Å². The predicted octanol–water partition coefficient (Wildman–Crippen LogP) is 2.86. The summed E-state index contributed by atoms with van der Waals surface area (Å²) in [6, 6.07) is 4.23. The molecule has 1 saturated carbocycles. The lowest BCUT2D eigenvalue weighted by molar-refractivity contribution is -0.118. The molecule has 0 aromatic carbocycles. The molecule has 3 N–H and O–H groups in total. The molecule has 7 heteroatoms. The molecule has 0 unspecified atom stereocenters. The Balaban J connectivity index is 1.47. The van der Waals surface area contributed by atoms with Gasteiger partial charge in [-0.3, -0.25) is 14.5 Å². The minimum atomic E-state index is -0.511. The highest BCUT2D eigenvalue weighted by molar-refractivity contribution is 7.14. The summed E-state index contributed by atoms with van der Waals surface area (Å²) in [6.07, 6.45) is 3.50. The normalized spacial score (nSPS) is 20.6. The first kappa shape index (κ1) is 15.8. The average Bonchev–Trinajstić information content (AvgIpc) is 3.07. The summed E-state index contributed by atoms with van der Waals surface area (Å²) in [5, 5.41) is 7.33. The van der Waals surface area contributed by atoms with Crippen molar-refractivity contribution in [1.29, 1.82) is 0 Å². The SMILES string of the molecule is NC(=O)c1ccsc1NC(=O)CN1CCc2sccc2[C@H]1C1CC1. The highest BCUT2D eigenvalue weighted by atomic mass is 32.1. The van der Waals surface area contributed by atoms with Crippen molar-refractivity contribution in [2.24, 2.45) is 11.7 Å². The zero-order valence-corrected chi connectivity index (χ0v) is 14.8. The van der Waals surface area contributed by atoms with Crippen molar-refractivity contribution < 1.29 is 9.59 Å². The molecule has 2 aliphatic rings. The molecule has 0 bridgehead atoms. The Morgan fingerprint density at radius 2 is 2.04 bits per heavy atom. The lowest BCUT2D eigenvalue weighted by atomic mass is 9.96. The number of amides is 2. The fraction of sp³-hybridized carbons (Fsp3) is 0.412. The van der Waals surface area contributed by atoms with Crippen molar-refractivity contribution >= 4 is 39.5 Å². The van der Waals surface area contributed by atoms with E-state index in [1.54, 1.807) is 11.4 Å². The van der Waals surface area contributed by atoms with Crippen LogP contribution in [0.5, 0.6) is 0 Å². The van der Waals surface area contributed by atoms with E-state index in [1.165, 1.54) is 34.6 Å². The summed E-state index contributed by atoms with van der Waals surface area (Å²) in [4.78, 5) is 27.6. The number of primary amides is 1. The van der Waals surface area contributed by atoms with Crippen LogP contribution in [-0.2, 0) is 11.2 Å². The Labute approximate surface area is 148 Å². The molecular weight excluding hydrogens is 342 g/mol. The molecule has 0 radical (unpaired) electrons. The van der Waals surface area contributed by atoms with Gasteiger partial charge in [-0.1, -0.05) is 0 Å². The summed E-state index contributed by atoms with van der Waals surface area (Å²) >= 11 is 3.16. The monoisotopic (exact) mass is 361 g/mol. The van der Waals surface area contributed by atoms with Crippen molar-refractivity contribution in [2.45, 2.75) is 25.3 Å². The number of nitrogens with zero attached hydrogens (tertiary/aromatic N) is 1. The standard InChI is InChI=1S/C17H19N3O2S2/c18-16(22)12-5-8-24-17(12)19-14(21)9-20-6-3-13-11(4-7-23-13)15(20)10-1-2-10/h4-5,7-8,10,15H,1-3,6,9H2,(H2,18,22)(H,19,21)/t15-/m1/s1. The molecule has 5 nitrogen and oxygen atoms in total. The number of carbonyl (C=O) groups is 2. The van der Waals surface area contributed by atoms with Crippen LogP contribution < -0.4 is 11.1 Å². The summed E-state index contributed by atoms with van der Waals surface area (Å²) in [7, 11) is 0. The predicted molar refractivity (Wildman–Crippen MR) is 96.5 cm³/mol. The van der Waals surface area contributed by atoms with E-state index in [0.717, 1.165) is 13.0 Å². The number of anilines is 1. The van der Waals surface area contributed by atoms with Gasteiger partial charge in [0.2, 0.25) is 5.91 Å². The smallest absolute Gasteiger partial charge is 0.251 e. The molecule has 1 atom stereocenters. The van der Waals surface area contributed by atoms with E-state index in [4.69, 9.17) is 5.73 Å². The minimum Gasteiger partial charge on any atom is -0.366 e. The average molecular weight is 361 g/mol. The van der Waals surface area contributed by atoms with Crippen LogP contribution in [0.25, 0.3) is 0 Å². The number of thiophene rings is 2. The van der Waals surface area contributed by atoms with Gasteiger partial charge < -0.3 is 11.1 Å². The van der Waals surface area contributed by atoms with E-state index in [0.29, 0.717) is 29.1 Å². The number of hydrogen-bond donors (Lipinski definition) is 2. The zero-order valence-electron chi connectivity index (χ0n) is 13.2. The number of rotatable bonds is 5. The largest absolute Gasteiger partial charge is 0.366 e. The first-order chi connectivity index (χ1) is 11.6. The van der Waals surface area contributed by atoms with Crippen molar-refractivity contribution in [3.8, 4) is 0 Å². The van der Waals surface area contributed by atoms with Crippen LogP contribution in [0.15, 0.2) is 22.9 Å². The van der Waals surface area contributed by atoms with Crippen molar-refractivity contribution in [2.75, 3.05) is 18.4 Å².